The molecular formula is C13H18BrNO. The van der Waals surface area contributed by atoms with Gasteiger partial charge in [0.1, 0.15) is 0 Å². The first-order chi connectivity index (χ1) is 7.58. The second kappa shape index (κ2) is 4.86. The van der Waals surface area contributed by atoms with Gasteiger partial charge in [-0.2, -0.15) is 0 Å². The van der Waals surface area contributed by atoms with Gasteiger partial charge in [0, 0.05) is 10.5 Å². The lowest BCUT2D eigenvalue weighted by Gasteiger charge is -2.27. The Hall–Kier alpha value is -0.380. The molecule has 1 aliphatic heterocycles. The summed E-state index contributed by atoms with van der Waals surface area (Å²) < 4.78 is 1.02. The summed E-state index contributed by atoms with van der Waals surface area (Å²) in [6.07, 6.45) is 3.17. The molecule has 1 saturated heterocycles. The van der Waals surface area contributed by atoms with Gasteiger partial charge in [0.25, 0.3) is 0 Å². The van der Waals surface area contributed by atoms with E-state index in [9.17, 15) is 5.11 Å². The molecule has 0 spiro atoms. The molecule has 0 aliphatic carbocycles. The average molecular weight is 284 g/mol. The zero-order valence-corrected chi connectivity index (χ0v) is 11.1. The molecule has 16 heavy (non-hydrogen) atoms. The summed E-state index contributed by atoms with van der Waals surface area (Å²) in [4.78, 5) is 0. The van der Waals surface area contributed by atoms with E-state index in [1.54, 1.807) is 0 Å². The lowest BCUT2D eigenvalue weighted by Crippen LogP contribution is -2.32. The second-order valence-corrected chi connectivity index (χ2v) is 5.70. The molecule has 1 aromatic carbocycles. The molecule has 2 nitrogen and oxygen atoms in total. The first-order valence-electron chi connectivity index (χ1n) is 5.80. The van der Waals surface area contributed by atoms with E-state index >= 15 is 0 Å². The van der Waals surface area contributed by atoms with Crippen LogP contribution in [0.15, 0.2) is 28.7 Å². The molecule has 1 heterocycles. The lowest BCUT2D eigenvalue weighted by atomic mass is 9.89. The normalized spacial score (nSPS) is 24.3. The molecule has 0 amide bonds. The summed E-state index contributed by atoms with van der Waals surface area (Å²) in [5, 5.41) is 13.9. The lowest BCUT2D eigenvalue weighted by molar-refractivity contribution is 0.0384. The van der Waals surface area contributed by atoms with Gasteiger partial charge in [0.05, 0.1) is 5.60 Å². The minimum absolute atomic E-state index is 0.453. The molecular weight excluding hydrogens is 266 g/mol. The van der Waals surface area contributed by atoms with E-state index in [1.807, 2.05) is 31.2 Å². The molecule has 2 atom stereocenters. The van der Waals surface area contributed by atoms with Crippen molar-refractivity contribution in [3.8, 4) is 0 Å². The van der Waals surface area contributed by atoms with Crippen LogP contribution in [0.4, 0.5) is 0 Å². The minimum Gasteiger partial charge on any atom is -0.385 e. The van der Waals surface area contributed by atoms with Gasteiger partial charge in [0.15, 0.2) is 0 Å². The van der Waals surface area contributed by atoms with Crippen molar-refractivity contribution in [1.29, 1.82) is 0 Å². The Balaban J connectivity index is 2.10. The van der Waals surface area contributed by atoms with Gasteiger partial charge in [-0.05, 0) is 50.4 Å². The quantitative estimate of drug-likeness (QED) is 0.894. The molecule has 0 bridgehead atoms. The van der Waals surface area contributed by atoms with Crippen LogP contribution in [0.2, 0.25) is 0 Å². The molecule has 2 rings (SSSR count). The number of hydrogen-bond acceptors (Lipinski definition) is 2. The number of hydrogen-bond donors (Lipinski definition) is 2. The average Bonchev–Trinajstić information content (AvgIpc) is 2.70. The first-order valence-corrected chi connectivity index (χ1v) is 6.59. The summed E-state index contributed by atoms with van der Waals surface area (Å²) in [6, 6.07) is 8.38. The van der Waals surface area contributed by atoms with Crippen molar-refractivity contribution in [3.05, 3.63) is 34.3 Å². The van der Waals surface area contributed by atoms with Crippen LogP contribution in [0.5, 0.6) is 0 Å². The van der Waals surface area contributed by atoms with Crippen molar-refractivity contribution in [2.24, 2.45) is 0 Å². The number of benzene rings is 1. The van der Waals surface area contributed by atoms with Gasteiger partial charge >= 0.3 is 0 Å². The Morgan fingerprint density at radius 3 is 3.00 bits per heavy atom. The van der Waals surface area contributed by atoms with E-state index in [1.165, 1.54) is 12.8 Å². The van der Waals surface area contributed by atoms with Crippen molar-refractivity contribution in [1.82, 2.24) is 5.32 Å². The van der Waals surface area contributed by atoms with E-state index in [4.69, 9.17) is 0 Å². The predicted molar refractivity (Wildman–Crippen MR) is 69.4 cm³/mol. The van der Waals surface area contributed by atoms with E-state index in [0.717, 1.165) is 23.0 Å². The highest BCUT2D eigenvalue weighted by Crippen LogP contribution is 2.29. The van der Waals surface area contributed by atoms with Crippen LogP contribution < -0.4 is 5.32 Å². The van der Waals surface area contributed by atoms with Crippen molar-refractivity contribution >= 4 is 15.9 Å². The number of halogens is 1. The summed E-state index contributed by atoms with van der Waals surface area (Å²) in [7, 11) is 0. The molecule has 1 fully saturated rings. The standard InChI is InChI=1S/C13H18BrNO/c1-13(16,9-12-6-3-7-15-12)10-4-2-5-11(14)8-10/h2,4-5,8,12,15-16H,3,6-7,9H2,1H3. The molecule has 1 aliphatic rings. The van der Waals surface area contributed by atoms with Crippen molar-refractivity contribution < 1.29 is 5.11 Å². The Kier molecular flexibility index (Phi) is 3.67. The van der Waals surface area contributed by atoms with Crippen LogP contribution in [-0.4, -0.2) is 17.7 Å². The predicted octanol–water partition coefficient (Wildman–Crippen LogP) is 2.80. The topological polar surface area (TPSA) is 32.3 Å². The van der Waals surface area contributed by atoms with Crippen molar-refractivity contribution in [2.75, 3.05) is 6.54 Å². The maximum atomic E-state index is 10.5. The van der Waals surface area contributed by atoms with Gasteiger partial charge < -0.3 is 10.4 Å². The fraction of sp³-hybridized carbons (Fsp3) is 0.538. The molecule has 88 valence electrons. The fourth-order valence-electron chi connectivity index (χ4n) is 2.35. The van der Waals surface area contributed by atoms with Crippen LogP contribution in [0.1, 0.15) is 31.7 Å². The molecule has 2 N–H and O–H groups in total. The molecule has 1 aromatic rings. The summed E-state index contributed by atoms with van der Waals surface area (Å²) >= 11 is 3.44. The first kappa shape index (κ1) is 12.1. The summed E-state index contributed by atoms with van der Waals surface area (Å²) in [5.74, 6) is 0. The van der Waals surface area contributed by atoms with Crippen LogP contribution in [0.3, 0.4) is 0 Å². The summed E-state index contributed by atoms with van der Waals surface area (Å²) in [5.41, 5.74) is 0.238. The SMILES string of the molecule is CC(O)(CC1CCCN1)c1cccc(Br)c1. The second-order valence-electron chi connectivity index (χ2n) is 4.78. The molecule has 0 aromatic heterocycles. The highest BCUT2D eigenvalue weighted by atomic mass is 79.9. The Bertz CT molecular complexity index is 359. The Morgan fingerprint density at radius 2 is 2.38 bits per heavy atom. The van der Waals surface area contributed by atoms with Gasteiger partial charge in [0.2, 0.25) is 0 Å². The Labute approximate surface area is 105 Å². The third kappa shape index (κ3) is 2.84. The van der Waals surface area contributed by atoms with Gasteiger partial charge in [-0.25, -0.2) is 0 Å². The van der Waals surface area contributed by atoms with Crippen LogP contribution in [0.25, 0.3) is 0 Å². The van der Waals surface area contributed by atoms with Crippen molar-refractivity contribution in [2.45, 2.75) is 37.8 Å². The fourth-order valence-corrected chi connectivity index (χ4v) is 2.75. The summed E-state index contributed by atoms with van der Waals surface area (Å²) in [6.45, 7) is 2.98. The highest BCUT2D eigenvalue weighted by molar-refractivity contribution is 9.10. The highest BCUT2D eigenvalue weighted by Gasteiger charge is 2.28. The number of nitrogens with one attached hydrogen (secondary N) is 1. The van der Waals surface area contributed by atoms with Crippen LogP contribution in [0, 0.1) is 0 Å². The Morgan fingerprint density at radius 1 is 1.56 bits per heavy atom. The largest absolute Gasteiger partial charge is 0.385 e. The minimum atomic E-state index is -0.744. The van der Waals surface area contributed by atoms with Crippen LogP contribution in [-0.2, 0) is 5.60 Å². The van der Waals surface area contributed by atoms with E-state index in [0.29, 0.717) is 6.04 Å². The van der Waals surface area contributed by atoms with E-state index in [2.05, 4.69) is 21.2 Å². The zero-order valence-electron chi connectivity index (χ0n) is 9.54. The maximum absolute atomic E-state index is 10.5. The van der Waals surface area contributed by atoms with Gasteiger partial charge in [-0.15, -0.1) is 0 Å². The number of aliphatic hydroxyl groups is 1. The van der Waals surface area contributed by atoms with Gasteiger partial charge in [-0.1, -0.05) is 28.1 Å². The van der Waals surface area contributed by atoms with E-state index < -0.39 is 5.60 Å². The van der Waals surface area contributed by atoms with E-state index in [-0.39, 0.29) is 0 Å². The third-order valence-electron chi connectivity index (χ3n) is 3.25. The molecule has 2 unspecified atom stereocenters. The molecule has 3 heteroatoms. The van der Waals surface area contributed by atoms with Crippen LogP contribution >= 0.6 is 15.9 Å². The molecule has 0 radical (unpaired) electrons. The molecule has 0 saturated carbocycles. The van der Waals surface area contributed by atoms with Crippen molar-refractivity contribution in [3.63, 3.8) is 0 Å². The number of rotatable bonds is 3. The van der Waals surface area contributed by atoms with Gasteiger partial charge in [-0.3, -0.25) is 0 Å². The maximum Gasteiger partial charge on any atom is 0.0883 e. The smallest absolute Gasteiger partial charge is 0.0883 e. The monoisotopic (exact) mass is 283 g/mol. The third-order valence-corrected chi connectivity index (χ3v) is 3.75. The zero-order chi connectivity index (χ0) is 11.6.